The quantitative estimate of drug-likeness (QED) is 0.770. The van der Waals surface area contributed by atoms with Gasteiger partial charge in [0.25, 0.3) is 5.91 Å². The summed E-state index contributed by atoms with van der Waals surface area (Å²) in [6.45, 7) is 0.381. The van der Waals surface area contributed by atoms with Gasteiger partial charge in [-0.2, -0.15) is 0 Å². The maximum atomic E-state index is 12.4. The predicted octanol–water partition coefficient (Wildman–Crippen LogP) is 3.04. The number of hydrogen-bond acceptors (Lipinski definition) is 3. The summed E-state index contributed by atoms with van der Waals surface area (Å²) in [5.74, 6) is -0.0567. The molecule has 0 aliphatic carbocycles. The molecule has 116 valence electrons. The van der Waals surface area contributed by atoms with Crippen LogP contribution in [0.15, 0.2) is 54.6 Å². The number of benzene rings is 2. The van der Waals surface area contributed by atoms with Crippen LogP contribution in [0.5, 0.6) is 0 Å². The van der Waals surface area contributed by atoms with Crippen LogP contribution in [0.4, 0.5) is 0 Å². The minimum atomic E-state index is -0.419. The first kappa shape index (κ1) is 16.2. The zero-order chi connectivity index (χ0) is 15.9. The number of carbonyl (C=O) groups is 1. The molecule has 0 saturated heterocycles. The van der Waals surface area contributed by atoms with Crippen molar-refractivity contribution in [1.82, 2.24) is 4.90 Å². The molecule has 0 bridgehead atoms. The van der Waals surface area contributed by atoms with E-state index in [-0.39, 0.29) is 5.91 Å². The van der Waals surface area contributed by atoms with Crippen LogP contribution >= 0.6 is 0 Å². The van der Waals surface area contributed by atoms with Gasteiger partial charge in [-0.1, -0.05) is 42.5 Å². The molecule has 0 atom stereocenters. The molecule has 4 heteroatoms. The van der Waals surface area contributed by atoms with Crippen molar-refractivity contribution >= 4 is 5.91 Å². The van der Waals surface area contributed by atoms with Gasteiger partial charge in [0.2, 0.25) is 0 Å². The van der Waals surface area contributed by atoms with Crippen LogP contribution in [0.2, 0.25) is 0 Å². The fraction of sp³-hybridized carbons (Fsp3) is 0.278. The topological polar surface area (TPSA) is 38.8 Å². The second-order valence-corrected chi connectivity index (χ2v) is 5.03. The molecule has 0 aliphatic rings. The molecular weight excluding hydrogens is 278 g/mol. The van der Waals surface area contributed by atoms with Gasteiger partial charge in [0.15, 0.2) is 6.29 Å². The first-order valence-electron chi connectivity index (χ1n) is 7.12. The molecule has 0 spiro atoms. The van der Waals surface area contributed by atoms with Crippen molar-refractivity contribution in [3.8, 4) is 11.1 Å². The smallest absolute Gasteiger partial charge is 0.253 e. The fourth-order valence-corrected chi connectivity index (χ4v) is 2.21. The lowest BCUT2D eigenvalue weighted by atomic mass is 10.0. The zero-order valence-electron chi connectivity index (χ0n) is 13.2. The van der Waals surface area contributed by atoms with Crippen LogP contribution in [0.25, 0.3) is 11.1 Å². The lowest BCUT2D eigenvalue weighted by molar-refractivity contribution is -0.110. The summed E-state index contributed by atoms with van der Waals surface area (Å²) in [6.07, 6.45) is -0.419. The van der Waals surface area contributed by atoms with Crippen LogP contribution in [0, 0.1) is 0 Å². The molecule has 0 unspecified atom stereocenters. The molecule has 0 radical (unpaired) electrons. The normalized spacial score (nSPS) is 10.7. The van der Waals surface area contributed by atoms with Crippen molar-refractivity contribution in [2.24, 2.45) is 0 Å². The predicted molar refractivity (Wildman–Crippen MR) is 86.6 cm³/mol. The number of hydrogen-bond donors (Lipinski definition) is 0. The summed E-state index contributed by atoms with van der Waals surface area (Å²) in [5, 5.41) is 0. The van der Waals surface area contributed by atoms with Gasteiger partial charge in [0.1, 0.15) is 0 Å². The monoisotopic (exact) mass is 299 g/mol. The van der Waals surface area contributed by atoms with Crippen LogP contribution < -0.4 is 0 Å². The van der Waals surface area contributed by atoms with E-state index in [4.69, 9.17) is 9.47 Å². The second kappa shape index (κ2) is 7.73. The molecule has 1 amide bonds. The summed E-state index contributed by atoms with van der Waals surface area (Å²) in [6, 6.07) is 17.7. The standard InChI is InChI=1S/C18H21NO3/c1-19(13-17(21-2)22-3)18(20)16-11-9-15(10-12-16)14-7-5-4-6-8-14/h4-12,17H,13H2,1-3H3. The summed E-state index contributed by atoms with van der Waals surface area (Å²) in [5.41, 5.74) is 2.87. The average molecular weight is 299 g/mol. The molecule has 0 heterocycles. The van der Waals surface area contributed by atoms with E-state index in [2.05, 4.69) is 0 Å². The van der Waals surface area contributed by atoms with E-state index in [0.29, 0.717) is 12.1 Å². The summed E-state index contributed by atoms with van der Waals surface area (Å²) in [4.78, 5) is 14.0. The highest BCUT2D eigenvalue weighted by atomic mass is 16.7. The largest absolute Gasteiger partial charge is 0.354 e. The number of ether oxygens (including phenoxy) is 2. The van der Waals surface area contributed by atoms with Gasteiger partial charge < -0.3 is 14.4 Å². The van der Waals surface area contributed by atoms with Gasteiger partial charge in [-0.05, 0) is 23.3 Å². The van der Waals surface area contributed by atoms with Crippen LogP contribution in [-0.4, -0.2) is 44.9 Å². The molecule has 0 fully saturated rings. The Bertz CT molecular complexity index is 591. The lowest BCUT2D eigenvalue weighted by Crippen LogP contribution is -2.36. The average Bonchev–Trinajstić information content (AvgIpc) is 2.59. The minimum Gasteiger partial charge on any atom is -0.354 e. The molecule has 22 heavy (non-hydrogen) atoms. The Labute approximate surface area is 131 Å². The number of amides is 1. The Balaban J connectivity index is 2.08. The van der Waals surface area contributed by atoms with E-state index in [1.807, 2.05) is 54.6 Å². The van der Waals surface area contributed by atoms with Gasteiger partial charge in [-0.3, -0.25) is 4.79 Å². The minimum absolute atomic E-state index is 0.0567. The Morgan fingerprint density at radius 2 is 1.50 bits per heavy atom. The van der Waals surface area contributed by atoms with Gasteiger partial charge >= 0.3 is 0 Å². The SMILES string of the molecule is COC(CN(C)C(=O)c1ccc(-c2ccccc2)cc1)OC. The number of rotatable bonds is 6. The number of carbonyl (C=O) groups excluding carboxylic acids is 1. The third-order valence-electron chi connectivity index (χ3n) is 3.53. The Morgan fingerprint density at radius 3 is 2.05 bits per heavy atom. The molecule has 2 aromatic rings. The van der Waals surface area contributed by atoms with Gasteiger partial charge in [0, 0.05) is 26.8 Å². The van der Waals surface area contributed by atoms with Crippen molar-refractivity contribution in [3.05, 3.63) is 60.2 Å². The maximum Gasteiger partial charge on any atom is 0.253 e. The summed E-state index contributed by atoms with van der Waals surface area (Å²) in [7, 11) is 4.85. The lowest BCUT2D eigenvalue weighted by Gasteiger charge is -2.22. The van der Waals surface area contributed by atoms with E-state index in [1.54, 1.807) is 26.2 Å². The van der Waals surface area contributed by atoms with Gasteiger partial charge in [0.05, 0.1) is 6.54 Å². The molecule has 4 nitrogen and oxygen atoms in total. The highest BCUT2D eigenvalue weighted by molar-refractivity contribution is 5.94. The Hall–Kier alpha value is -2.17. The van der Waals surface area contributed by atoms with Crippen molar-refractivity contribution in [1.29, 1.82) is 0 Å². The molecule has 0 saturated carbocycles. The van der Waals surface area contributed by atoms with Crippen LogP contribution in [0.1, 0.15) is 10.4 Å². The van der Waals surface area contributed by atoms with Gasteiger partial charge in [-0.25, -0.2) is 0 Å². The highest BCUT2D eigenvalue weighted by Crippen LogP contribution is 2.19. The van der Waals surface area contributed by atoms with Crippen molar-refractivity contribution in [2.75, 3.05) is 27.8 Å². The summed E-state index contributed by atoms with van der Waals surface area (Å²) >= 11 is 0. The van der Waals surface area contributed by atoms with Crippen molar-refractivity contribution in [3.63, 3.8) is 0 Å². The van der Waals surface area contributed by atoms with E-state index in [9.17, 15) is 4.79 Å². The van der Waals surface area contributed by atoms with Crippen molar-refractivity contribution in [2.45, 2.75) is 6.29 Å². The zero-order valence-corrected chi connectivity index (χ0v) is 13.2. The maximum absolute atomic E-state index is 12.4. The van der Waals surface area contributed by atoms with E-state index < -0.39 is 6.29 Å². The fourth-order valence-electron chi connectivity index (χ4n) is 2.21. The van der Waals surface area contributed by atoms with Gasteiger partial charge in [-0.15, -0.1) is 0 Å². The van der Waals surface area contributed by atoms with E-state index in [0.717, 1.165) is 11.1 Å². The Kier molecular flexibility index (Phi) is 5.69. The van der Waals surface area contributed by atoms with E-state index in [1.165, 1.54) is 0 Å². The van der Waals surface area contributed by atoms with Crippen LogP contribution in [-0.2, 0) is 9.47 Å². The third kappa shape index (κ3) is 3.93. The molecule has 0 N–H and O–H groups in total. The molecular formula is C18H21NO3. The molecule has 2 rings (SSSR count). The third-order valence-corrected chi connectivity index (χ3v) is 3.53. The summed E-state index contributed by atoms with van der Waals surface area (Å²) < 4.78 is 10.2. The van der Waals surface area contributed by atoms with Crippen LogP contribution in [0.3, 0.4) is 0 Å². The first-order valence-corrected chi connectivity index (χ1v) is 7.12. The number of nitrogens with zero attached hydrogens (tertiary/aromatic N) is 1. The Morgan fingerprint density at radius 1 is 0.955 bits per heavy atom. The highest BCUT2D eigenvalue weighted by Gasteiger charge is 2.16. The van der Waals surface area contributed by atoms with E-state index >= 15 is 0 Å². The molecule has 0 aromatic heterocycles. The molecule has 0 aliphatic heterocycles. The second-order valence-electron chi connectivity index (χ2n) is 5.03. The first-order chi connectivity index (χ1) is 10.7. The number of likely N-dealkylation sites (N-methyl/N-ethyl adjacent to an activating group) is 1. The van der Waals surface area contributed by atoms with Crippen molar-refractivity contribution < 1.29 is 14.3 Å². The molecule has 2 aromatic carbocycles. The number of methoxy groups -OCH3 is 2.